The van der Waals surface area contributed by atoms with Crippen LogP contribution in [0.15, 0.2) is 18.2 Å². The maximum Gasteiger partial charge on any atom is 0.226 e. The van der Waals surface area contributed by atoms with Crippen LogP contribution in [0, 0.1) is 23.1 Å². The first-order chi connectivity index (χ1) is 10.2. The summed E-state index contributed by atoms with van der Waals surface area (Å²) in [4.78, 5) is 14.2. The van der Waals surface area contributed by atoms with Crippen LogP contribution in [0.2, 0.25) is 0 Å². The zero-order valence-electron chi connectivity index (χ0n) is 12.2. The highest BCUT2D eigenvalue weighted by Crippen LogP contribution is 2.18. The van der Waals surface area contributed by atoms with Crippen LogP contribution in [0.25, 0.3) is 0 Å². The number of rotatable bonds is 4. The second kappa shape index (κ2) is 7.19. The molecule has 0 atom stereocenters. The fourth-order valence-corrected chi connectivity index (χ4v) is 2.62. The zero-order valence-corrected chi connectivity index (χ0v) is 12.2. The molecule has 1 N–H and O–H groups in total. The second-order valence-corrected chi connectivity index (χ2v) is 5.29. The van der Waals surface area contributed by atoms with Crippen LogP contribution < -0.4 is 5.32 Å². The molecule has 4 nitrogen and oxygen atoms in total. The fraction of sp³-hybridized carbons (Fsp3) is 0.500. The molecule has 0 bridgehead atoms. The van der Waals surface area contributed by atoms with E-state index in [4.69, 9.17) is 5.26 Å². The Morgan fingerprint density at radius 2 is 2.19 bits per heavy atom. The van der Waals surface area contributed by atoms with Crippen molar-refractivity contribution in [2.24, 2.45) is 5.92 Å². The van der Waals surface area contributed by atoms with Crippen LogP contribution >= 0.6 is 0 Å². The van der Waals surface area contributed by atoms with Crippen molar-refractivity contribution in [3.63, 3.8) is 0 Å². The first-order valence-electron chi connectivity index (χ1n) is 7.33. The van der Waals surface area contributed by atoms with E-state index in [-0.39, 0.29) is 18.4 Å². The number of benzene rings is 1. The number of nitriles is 1. The van der Waals surface area contributed by atoms with E-state index < -0.39 is 5.82 Å². The molecule has 0 radical (unpaired) electrons. The molecule has 1 aliphatic heterocycles. The van der Waals surface area contributed by atoms with E-state index in [1.165, 1.54) is 6.07 Å². The van der Waals surface area contributed by atoms with E-state index in [9.17, 15) is 9.18 Å². The van der Waals surface area contributed by atoms with E-state index in [1.54, 1.807) is 17.0 Å². The molecular weight excluding hydrogens is 269 g/mol. The topological polar surface area (TPSA) is 56.1 Å². The maximum absolute atomic E-state index is 13.9. The number of carbonyl (C=O) groups is 1. The average molecular weight is 289 g/mol. The molecule has 1 aliphatic rings. The van der Waals surface area contributed by atoms with Crippen molar-refractivity contribution in [3.05, 3.63) is 35.1 Å². The van der Waals surface area contributed by atoms with Crippen LogP contribution in [0.4, 0.5) is 4.39 Å². The molecule has 1 aromatic carbocycles. The Morgan fingerprint density at radius 1 is 1.48 bits per heavy atom. The molecule has 1 saturated heterocycles. The van der Waals surface area contributed by atoms with Gasteiger partial charge in [-0.1, -0.05) is 6.07 Å². The highest BCUT2D eigenvalue weighted by molar-refractivity contribution is 5.79. The summed E-state index contributed by atoms with van der Waals surface area (Å²) < 4.78 is 13.9. The molecular formula is C16H20FN3O. The number of halogens is 1. The largest absolute Gasteiger partial charge is 0.338 e. The van der Waals surface area contributed by atoms with Gasteiger partial charge in [0, 0.05) is 24.6 Å². The van der Waals surface area contributed by atoms with Crippen molar-refractivity contribution >= 4 is 5.91 Å². The summed E-state index contributed by atoms with van der Waals surface area (Å²) in [5, 5.41) is 12.0. The summed E-state index contributed by atoms with van der Waals surface area (Å²) in [5.41, 5.74) is 0.752. The standard InChI is InChI=1S/C16H20FN3O/c1-2-20(16(21)13-5-7-19-8-6-13)11-14-4-3-12(10-18)9-15(14)17/h3-4,9,13,19H,2,5-8,11H2,1H3. The number of hydrogen-bond acceptors (Lipinski definition) is 3. The monoisotopic (exact) mass is 289 g/mol. The lowest BCUT2D eigenvalue weighted by Gasteiger charge is -2.29. The van der Waals surface area contributed by atoms with Gasteiger partial charge in [-0.15, -0.1) is 0 Å². The molecule has 1 aromatic rings. The molecule has 1 fully saturated rings. The van der Waals surface area contributed by atoms with E-state index in [0.717, 1.165) is 25.9 Å². The number of hydrogen-bond donors (Lipinski definition) is 1. The number of nitrogens with zero attached hydrogens (tertiary/aromatic N) is 2. The molecule has 0 aromatic heterocycles. The normalized spacial score (nSPS) is 15.5. The summed E-state index contributed by atoms with van der Waals surface area (Å²) in [6, 6.07) is 6.30. The lowest BCUT2D eigenvalue weighted by atomic mass is 9.96. The van der Waals surface area contributed by atoms with Crippen LogP contribution in [0.5, 0.6) is 0 Å². The van der Waals surface area contributed by atoms with Gasteiger partial charge in [0.05, 0.1) is 11.6 Å². The van der Waals surface area contributed by atoms with E-state index >= 15 is 0 Å². The van der Waals surface area contributed by atoms with Gasteiger partial charge >= 0.3 is 0 Å². The van der Waals surface area contributed by atoms with Crippen molar-refractivity contribution in [2.45, 2.75) is 26.3 Å². The van der Waals surface area contributed by atoms with Crippen LogP contribution in [0.1, 0.15) is 30.9 Å². The summed E-state index contributed by atoms with van der Waals surface area (Å²) in [6.07, 6.45) is 1.68. The molecule has 0 spiro atoms. The predicted octanol–water partition coefficient (Wildman–Crippen LogP) is 2.05. The van der Waals surface area contributed by atoms with Crippen LogP contribution in [-0.2, 0) is 11.3 Å². The van der Waals surface area contributed by atoms with Gasteiger partial charge in [0.2, 0.25) is 5.91 Å². The molecule has 0 saturated carbocycles. The Balaban J connectivity index is 2.08. The zero-order chi connectivity index (χ0) is 15.2. The fourth-order valence-electron chi connectivity index (χ4n) is 2.62. The maximum atomic E-state index is 13.9. The second-order valence-electron chi connectivity index (χ2n) is 5.29. The summed E-state index contributed by atoms with van der Waals surface area (Å²) >= 11 is 0. The van der Waals surface area contributed by atoms with Gasteiger partial charge in [-0.05, 0) is 45.0 Å². The number of amides is 1. The van der Waals surface area contributed by atoms with Crippen LogP contribution in [0.3, 0.4) is 0 Å². The van der Waals surface area contributed by atoms with Crippen molar-refractivity contribution in [1.82, 2.24) is 10.2 Å². The summed E-state index contributed by atoms with van der Waals surface area (Å²) in [5.74, 6) is -0.291. The Labute approximate surface area is 124 Å². The lowest BCUT2D eigenvalue weighted by molar-refractivity contribution is -0.136. The smallest absolute Gasteiger partial charge is 0.226 e. The molecule has 0 unspecified atom stereocenters. The predicted molar refractivity (Wildman–Crippen MR) is 77.8 cm³/mol. The van der Waals surface area contributed by atoms with Gasteiger partial charge in [0.1, 0.15) is 5.82 Å². The molecule has 0 aliphatic carbocycles. The van der Waals surface area contributed by atoms with Crippen LogP contribution in [-0.4, -0.2) is 30.4 Å². The third-order valence-electron chi connectivity index (χ3n) is 3.93. The minimum atomic E-state index is -0.425. The van der Waals surface area contributed by atoms with E-state index in [1.807, 2.05) is 13.0 Å². The number of carbonyl (C=O) groups excluding carboxylic acids is 1. The molecule has 112 valence electrons. The van der Waals surface area contributed by atoms with E-state index in [2.05, 4.69) is 5.32 Å². The van der Waals surface area contributed by atoms with Crippen molar-refractivity contribution in [2.75, 3.05) is 19.6 Å². The van der Waals surface area contributed by atoms with Crippen molar-refractivity contribution in [1.29, 1.82) is 5.26 Å². The minimum Gasteiger partial charge on any atom is -0.338 e. The third kappa shape index (κ3) is 3.79. The SMILES string of the molecule is CCN(Cc1ccc(C#N)cc1F)C(=O)C1CCNCC1. The van der Waals surface area contributed by atoms with Crippen molar-refractivity contribution in [3.8, 4) is 6.07 Å². The lowest BCUT2D eigenvalue weighted by Crippen LogP contribution is -2.40. The summed E-state index contributed by atoms with van der Waals surface area (Å²) in [6.45, 7) is 4.44. The quantitative estimate of drug-likeness (QED) is 0.923. The van der Waals surface area contributed by atoms with Gasteiger partial charge in [-0.25, -0.2) is 4.39 Å². The third-order valence-corrected chi connectivity index (χ3v) is 3.93. The number of nitrogens with one attached hydrogen (secondary N) is 1. The number of piperidine rings is 1. The van der Waals surface area contributed by atoms with Gasteiger partial charge in [-0.2, -0.15) is 5.26 Å². The highest BCUT2D eigenvalue weighted by atomic mass is 19.1. The van der Waals surface area contributed by atoms with Gasteiger partial charge < -0.3 is 10.2 Å². The molecule has 1 heterocycles. The highest BCUT2D eigenvalue weighted by Gasteiger charge is 2.25. The molecule has 2 rings (SSSR count). The summed E-state index contributed by atoms with van der Waals surface area (Å²) in [7, 11) is 0. The minimum absolute atomic E-state index is 0.0349. The van der Waals surface area contributed by atoms with Gasteiger partial charge in [0.25, 0.3) is 0 Å². The molecule has 5 heteroatoms. The first-order valence-corrected chi connectivity index (χ1v) is 7.33. The average Bonchev–Trinajstić information content (AvgIpc) is 2.54. The van der Waals surface area contributed by atoms with Gasteiger partial charge in [0.15, 0.2) is 0 Å². The molecule has 21 heavy (non-hydrogen) atoms. The van der Waals surface area contributed by atoms with Gasteiger partial charge in [-0.3, -0.25) is 4.79 Å². The Bertz CT molecular complexity index is 547. The first kappa shape index (κ1) is 15.5. The Morgan fingerprint density at radius 3 is 2.76 bits per heavy atom. The Kier molecular flexibility index (Phi) is 5.29. The van der Waals surface area contributed by atoms with E-state index in [0.29, 0.717) is 17.7 Å². The molecule has 1 amide bonds. The Hall–Kier alpha value is -1.93. The van der Waals surface area contributed by atoms with Crippen molar-refractivity contribution < 1.29 is 9.18 Å².